The second-order valence-corrected chi connectivity index (χ2v) is 6.36. The number of nitriles is 1. The van der Waals surface area contributed by atoms with Gasteiger partial charge < -0.3 is 9.84 Å². The summed E-state index contributed by atoms with van der Waals surface area (Å²) in [7, 11) is 0. The minimum Gasteiger partial charge on any atom is -0.487 e. The van der Waals surface area contributed by atoms with Crippen molar-refractivity contribution in [1.29, 1.82) is 5.26 Å². The third-order valence-corrected chi connectivity index (χ3v) is 4.56. The smallest absolute Gasteiger partial charge is 0.132 e. The van der Waals surface area contributed by atoms with Gasteiger partial charge in [0.25, 0.3) is 0 Å². The summed E-state index contributed by atoms with van der Waals surface area (Å²) >= 11 is 0. The third kappa shape index (κ3) is 4.18. The van der Waals surface area contributed by atoms with Gasteiger partial charge in [0, 0.05) is 6.61 Å². The molecule has 5 heteroatoms. The first-order valence-electron chi connectivity index (χ1n) is 9.06. The van der Waals surface area contributed by atoms with E-state index in [0.717, 1.165) is 23.4 Å². The van der Waals surface area contributed by atoms with Crippen molar-refractivity contribution < 1.29 is 9.84 Å². The molecule has 0 aliphatic heterocycles. The van der Waals surface area contributed by atoms with Crippen LogP contribution in [-0.2, 0) is 19.4 Å². The van der Waals surface area contributed by atoms with Crippen LogP contribution in [0.5, 0.6) is 5.75 Å². The second kappa shape index (κ2) is 8.52. The highest BCUT2D eigenvalue weighted by Crippen LogP contribution is 2.21. The summed E-state index contributed by atoms with van der Waals surface area (Å²) in [6.07, 6.45) is 1.60. The fourth-order valence-corrected chi connectivity index (χ4v) is 2.97. The largest absolute Gasteiger partial charge is 0.487 e. The van der Waals surface area contributed by atoms with Crippen molar-refractivity contribution >= 4 is 0 Å². The summed E-state index contributed by atoms with van der Waals surface area (Å²) in [6, 6.07) is 18.0. The molecule has 1 heterocycles. The molecule has 0 fully saturated rings. The molecule has 1 N–H and O–H groups in total. The number of ether oxygens (including phenoxy) is 1. The Labute approximate surface area is 159 Å². The molecule has 0 spiro atoms. The van der Waals surface area contributed by atoms with Crippen molar-refractivity contribution in [3.63, 3.8) is 0 Å². The number of aliphatic hydroxyl groups excluding tert-OH is 1. The van der Waals surface area contributed by atoms with Gasteiger partial charge in [-0.25, -0.2) is 4.68 Å². The van der Waals surface area contributed by atoms with Crippen molar-refractivity contribution in [2.24, 2.45) is 0 Å². The minimum atomic E-state index is 0.126. The van der Waals surface area contributed by atoms with Gasteiger partial charge in [-0.1, -0.05) is 31.2 Å². The number of hydrogen-bond donors (Lipinski definition) is 1. The van der Waals surface area contributed by atoms with Gasteiger partial charge in [-0.05, 0) is 55.2 Å². The topological polar surface area (TPSA) is 71.1 Å². The van der Waals surface area contributed by atoms with E-state index in [2.05, 4.69) is 30.2 Å². The molecule has 0 atom stereocenters. The van der Waals surface area contributed by atoms with E-state index in [1.165, 1.54) is 5.56 Å². The van der Waals surface area contributed by atoms with Crippen LogP contribution >= 0.6 is 0 Å². The van der Waals surface area contributed by atoms with Crippen LogP contribution in [0, 0.1) is 18.3 Å². The van der Waals surface area contributed by atoms with Gasteiger partial charge in [-0.2, -0.15) is 10.4 Å². The Bertz CT molecular complexity index is 935. The van der Waals surface area contributed by atoms with Crippen molar-refractivity contribution in [2.45, 2.75) is 33.3 Å². The average molecular weight is 361 g/mol. The zero-order valence-electron chi connectivity index (χ0n) is 15.6. The lowest BCUT2D eigenvalue weighted by Crippen LogP contribution is -2.07. The van der Waals surface area contributed by atoms with Crippen LogP contribution in [0.3, 0.4) is 0 Å². The lowest BCUT2D eigenvalue weighted by molar-refractivity contribution is 0.295. The highest BCUT2D eigenvalue weighted by Gasteiger charge is 2.17. The maximum Gasteiger partial charge on any atom is 0.132 e. The van der Waals surface area contributed by atoms with E-state index in [1.807, 2.05) is 43.3 Å². The molecule has 0 aliphatic rings. The summed E-state index contributed by atoms with van der Waals surface area (Å²) in [5, 5.41) is 23.1. The summed E-state index contributed by atoms with van der Waals surface area (Å²) in [4.78, 5) is 0. The Morgan fingerprint density at radius 3 is 2.33 bits per heavy atom. The maximum atomic E-state index is 9.55. The second-order valence-electron chi connectivity index (χ2n) is 6.36. The van der Waals surface area contributed by atoms with Gasteiger partial charge in [0.2, 0.25) is 0 Å². The lowest BCUT2D eigenvalue weighted by Gasteiger charge is -2.11. The van der Waals surface area contributed by atoms with Crippen molar-refractivity contribution in [2.75, 3.05) is 6.61 Å². The number of aryl methyl sites for hydroxylation is 2. The van der Waals surface area contributed by atoms with Crippen molar-refractivity contribution in [1.82, 2.24) is 9.78 Å². The fourth-order valence-electron chi connectivity index (χ4n) is 2.97. The van der Waals surface area contributed by atoms with Gasteiger partial charge in [-0.3, -0.25) is 0 Å². The van der Waals surface area contributed by atoms with E-state index in [0.29, 0.717) is 23.4 Å². The molecule has 0 bridgehead atoms. The SMILES string of the molecule is CCc1ccc(-n2nc(C)c(C#N)c2COc2ccc(CCO)cc2)cc1. The monoisotopic (exact) mass is 361 g/mol. The Balaban J connectivity index is 1.86. The van der Waals surface area contributed by atoms with E-state index in [1.54, 1.807) is 4.68 Å². The fraction of sp³-hybridized carbons (Fsp3) is 0.273. The van der Waals surface area contributed by atoms with Crippen LogP contribution in [0.2, 0.25) is 0 Å². The van der Waals surface area contributed by atoms with Crippen LogP contribution in [0.4, 0.5) is 0 Å². The summed E-state index contributed by atoms with van der Waals surface area (Å²) < 4.78 is 7.70. The van der Waals surface area contributed by atoms with Gasteiger partial charge in [0.1, 0.15) is 24.0 Å². The highest BCUT2D eigenvalue weighted by atomic mass is 16.5. The molecule has 1 aromatic heterocycles. The standard InChI is InChI=1S/C22H23N3O2/c1-3-17-4-8-19(9-5-17)25-22(21(14-23)16(2)24-25)15-27-20-10-6-18(7-11-20)12-13-26/h4-11,26H,3,12-13,15H2,1-2H3. The first kappa shape index (κ1) is 18.7. The van der Waals surface area contributed by atoms with Gasteiger partial charge >= 0.3 is 0 Å². The molecule has 3 rings (SSSR count). The number of aliphatic hydroxyl groups is 1. The van der Waals surface area contributed by atoms with Crippen LogP contribution in [0.25, 0.3) is 5.69 Å². The molecule has 138 valence electrons. The highest BCUT2D eigenvalue weighted by molar-refractivity contribution is 5.44. The Hall–Kier alpha value is -3.10. The first-order valence-corrected chi connectivity index (χ1v) is 9.06. The van der Waals surface area contributed by atoms with Crippen molar-refractivity contribution in [3.05, 3.63) is 76.6 Å². The molecule has 0 unspecified atom stereocenters. The molecule has 0 saturated carbocycles. The molecule has 0 aliphatic carbocycles. The maximum absolute atomic E-state index is 9.55. The first-order chi connectivity index (χ1) is 13.2. The third-order valence-electron chi connectivity index (χ3n) is 4.56. The number of aromatic nitrogens is 2. The van der Waals surface area contributed by atoms with Crippen LogP contribution < -0.4 is 4.74 Å². The Kier molecular flexibility index (Phi) is 5.90. The molecule has 0 amide bonds. The van der Waals surface area contributed by atoms with Gasteiger partial charge in [0.15, 0.2) is 0 Å². The predicted octanol–water partition coefficient (Wildman–Crippen LogP) is 3.73. The zero-order valence-corrected chi connectivity index (χ0v) is 15.6. The summed E-state index contributed by atoms with van der Waals surface area (Å²) in [5.74, 6) is 0.715. The quantitative estimate of drug-likeness (QED) is 0.696. The number of nitrogens with zero attached hydrogens (tertiary/aromatic N) is 3. The molecule has 3 aromatic rings. The Morgan fingerprint density at radius 2 is 1.74 bits per heavy atom. The van der Waals surface area contributed by atoms with E-state index in [-0.39, 0.29) is 13.2 Å². The summed E-state index contributed by atoms with van der Waals surface area (Å²) in [5.41, 5.74) is 5.19. The summed E-state index contributed by atoms with van der Waals surface area (Å²) in [6.45, 7) is 4.33. The number of rotatable bonds is 7. The van der Waals surface area contributed by atoms with Gasteiger partial charge in [0.05, 0.1) is 17.1 Å². The van der Waals surface area contributed by atoms with E-state index < -0.39 is 0 Å². The van der Waals surface area contributed by atoms with E-state index in [4.69, 9.17) is 9.84 Å². The molecule has 27 heavy (non-hydrogen) atoms. The van der Waals surface area contributed by atoms with E-state index >= 15 is 0 Å². The molecule has 2 aromatic carbocycles. The lowest BCUT2D eigenvalue weighted by atomic mass is 10.1. The van der Waals surface area contributed by atoms with Crippen molar-refractivity contribution in [3.8, 4) is 17.5 Å². The molecular formula is C22H23N3O2. The van der Waals surface area contributed by atoms with Gasteiger partial charge in [-0.15, -0.1) is 0 Å². The predicted molar refractivity (Wildman–Crippen MR) is 104 cm³/mol. The van der Waals surface area contributed by atoms with E-state index in [9.17, 15) is 5.26 Å². The average Bonchev–Trinajstić information content (AvgIpc) is 3.03. The minimum absolute atomic E-state index is 0.126. The number of benzene rings is 2. The molecule has 5 nitrogen and oxygen atoms in total. The molecule has 0 radical (unpaired) electrons. The Morgan fingerprint density at radius 1 is 1.07 bits per heavy atom. The molecule has 0 saturated heterocycles. The van der Waals surface area contributed by atoms with Crippen LogP contribution in [-0.4, -0.2) is 21.5 Å². The zero-order chi connectivity index (χ0) is 19.2. The van der Waals surface area contributed by atoms with Crippen LogP contribution in [0.15, 0.2) is 48.5 Å². The van der Waals surface area contributed by atoms with Crippen LogP contribution in [0.1, 0.15) is 35.0 Å². The normalized spacial score (nSPS) is 10.6. The number of hydrogen-bond acceptors (Lipinski definition) is 4. The molecular weight excluding hydrogens is 338 g/mol.